The minimum atomic E-state index is -0.660. The van der Waals surface area contributed by atoms with E-state index in [1.165, 1.54) is 340 Å². The predicted molar refractivity (Wildman–Crippen MR) is 370 cm³/mol. The van der Waals surface area contributed by atoms with Gasteiger partial charge in [0, 0.05) is 12.8 Å². The van der Waals surface area contributed by atoms with E-state index in [1.54, 1.807) is 0 Å². The van der Waals surface area contributed by atoms with Crippen molar-refractivity contribution in [3.63, 3.8) is 0 Å². The summed E-state index contributed by atoms with van der Waals surface area (Å²) >= 11 is 0. The van der Waals surface area contributed by atoms with Gasteiger partial charge in [-0.15, -0.1) is 0 Å². The molecule has 0 spiro atoms. The van der Waals surface area contributed by atoms with Gasteiger partial charge >= 0.3 is 5.97 Å². The fourth-order valence-electron chi connectivity index (χ4n) is 12.1. The lowest BCUT2D eigenvalue weighted by Crippen LogP contribution is -2.45. The maximum atomic E-state index is 12.5. The molecule has 0 aliphatic carbocycles. The highest BCUT2D eigenvalue weighted by molar-refractivity contribution is 5.76. The second-order valence-electron chi connectivity index (χ2n) is 26.3. The van der Waals surface area contributed by atoms with E-state index in [4.69, 9.17) is 4.74 Å². The molecule has 6 heteroatoms. The van der Waals surface area contributed by atoms with E-state index in [9.17, 15) is 19.8 Å². The summed E-state index contributed by atoms with van der Waals surface area (Å²) in [6.07, 6.45) is 95.3. The van der Waals surface area contributed by atoms with Gasteiger partial charge in [0.2, 0.25) is 5.91 Å². The van der Waals surface area contributed by atoms with Crippen molar-refractivity contribution in [2.75, 3.05) is 13.2 Å². The Bertz CT molecular complexity index is 1360. The second kappa shape index (κ2) is 73.5. The first-order valence-corrected chi connectivity index (χ1v) is 38.2. The highest BCUT2D eigenvalue weighted by Gasteiger charge is 2.20. The zero-order valence-electron chi connectivity index (χ0n) is 56.9. The average Bonchev–Trinajstić information content (AvgIpc) is 3.51. The summed E-state index contributed by atoms with van der Waals surface area (Å²) in [5, 5.41) is 23.2. The van der Waals surface area contributed by atoms with Crippen LogP contribution in [-0.2, 0) is 14.3 Å². The summed E-state index contributed by atoms with van der Waals surface area (Å²) in [7, 11) is 0. The van der Waals surface area contributed by atoms with E-state index in [0.29, 0.717) is 25.9 Å². The lowest BCUT2D eigenvalue weighted by molar-refractivity contribution is -0.143. The summed E-state index contributed by atoms with van der Waals surface area (Å²) in [4.78, 5) is 24.6. The Morgan fingerprint density at radius 2 is 0.595 bits per heavy atom. The normalized spacial score (nSPS) is 12.7. The minimum absolute atomic E-state index is 0.0179. The second-order valence-corrected chi connectivity index (χ2v) is 26.3. The van der Waals surface area contributed by atoms with Crippen molar-refractivity contribution < 1.29 is 24.5 Å². The largest absolute Gasteiger partial charge is 0.466 e. The fraction of sp³-hybridized carbons (Fsp3) is 0.897. The summed E-state index contributed by atoms with van der Waals surface area (Å²) in [5.74, 6) is -0.0138. The van der Waals surface area contributed by atoms with Gasteiger partial charge < -0.3 is 20.3 Å². The van der Waals surface area contributed by atoms with Crippen LogP contribution in [-0.4, -0.2) is 47.4 Å². The molecule has 0 aromatic rings. The van der Waals surface area contributed by atoms with Crippen LogP contribution in [0.2, 0.25) is 0 Å². The number of hydrogen-bond acceptors (Lipinski definition) is 5. The molecule has 0 bridgehead atoms. The summed E-state index contributed by atoms with van der Waals surface area (Å²) in [6.45, 7) is 4.97. The van der Waals surface area contributed by atoms with Gasteiger partial charge in [0.25, 0.3) is 0 Å². The van der Waals surface area contributed by atoms with Gasteiger partial charge in [-0.3, -0.25) is 9.59 Å². The van der Waals surface area contributed by atoms with Crippen LogP contribution in [0, 0.1) is 0 Å². The van der Waals surface area contributed by atoms with Crippen LogP contribution in [0.25, 0.3) is 0 Å². The van der Waals surface area contributed by atoms with Crippen molar-refractivity contribution in [1.82, 2.24) is 5.32 Å². The van der Waals surface area contributed by atoms with Crippen LogP contribution >= 0.6 is 0 Å². The van der Waals surface area contributed by atoms with Gasteiger partial charge in [0.1, 0.15) is 0 Å². The first kappa shape index (κ1) is 82.1. The van der Waals surface area contributed by atoms with E-state index in [1.807, 2.05) is 0 Å². The number of ether oxygens (including phenoxy) is 1. The third-order valence-electron chi connectivity index (χ3n) is 17.9. The summed E-state index contributed by atoms with van der Waals surface area (Å²) in [6, 6.07) is -0.537. The Kier molecular flexibility index (Phi) is 71.9. The molecular weight excluding hydrogens is 1030 g/mol. The Labute approximate surface area is 525 Å². The average molecular weight is 1180 g/mol. The van der Waals surface area contributed by atoms with Crippen LogP contribution in [0.1, 0.15) is 425 Å². The zero-order chi connectivity index (χ0) is 60.6. The molecule has 0 aliphatic heterocycles. The quantitative estimate of drug-likeness (QED) is 0.0320. The maximum Gasteiger partial charge on any atom is 0.305 e. The molecule has 3 N–H and O–H groups in total. The van der Waals surface area contributed by atoms with E-state index in [2.05, 4.69) is 55.6 Å². The molecule has 0 radical (unpaired) electrons. The number of amides is 1. The fourth-order valence-corrected chi connectivity index (χ4v) is 12.1. The molecule has 496 valence electrons. The predicted octanol–water partition coefficient (Wildman–Crippen LogP) is 25.0. The monoisotopic (exact) mass is 1180 g/mol. The minimum Gasteiger partial charge on any atom is -0.466 e. The molecule has 0 saturated carbocycles. The molecule has 0 heterocycles. The number of esters is 1. The zero-order valence-corrected chi connectivity index (χ0v) is 56.9. The molecule has 84 heavy (non-hydrogen) atoms. The Morgan fingerprint density at radius 1 is 0.333 bits per heavy atom. The van der Waals surface area contributed by atoms with Crippen LogP contribution in [0.15, 0.2) is 36.5 Å². The van der Waals surface area contributed by atoms with Crippen molar-refractivity contribution in [2.24, 2.45) is 0 Å². The van der Waals surface area contributed by atoms with E-state index < -0.39 is 12.1 Å². The molecule has 0 aromatic heterocycles. The Morgan fingerprint density at radius 3 is 0.917 bits per heavy atom. The lowest BCUT2D eigenvalue weighted by Gasteiger charge is -2.22. The molecule has 0 rings (SSSR count). The molecule has 1 amide bonds. The maximum absolute atomic E-state index is 12.5. The van der Waals surface area contributed by atoms with Crippen molar-refractivity contribution in [2.45, 2.75) is 437 Å². The van der Waals surface area contributed by atoms with Gasteiger partial charge in [-0.1, -0.05) is 365 Å². The van der Waals surface area contributed by atoms with Gasteiger partial charge in [0.05, 0.1) is 25.4 Å². The number of hydrogen-bond donors (Lipinski definition) is 3. The molecule has 0 aromatic carbocycles. The number of rotatable bonds is 72. The van der Waals surface area contributed by atoms with E-state index >= 15 is 0 Å². The topological polar surface area (TPSA) is 95.9 Å². The third-order valence-corrected chi connectivity index (χ3v) is 17.9. The van der Waals surface area contributed by atoms with Crippen molar-refractivity contribution >= 4 is 11.9 Å². The van der Waals surface area contributed by atoms with Gasteiger partial charge in [-0.25, -0.2) is 0 Å². The van der Waals surface area contributed by atoms with Gasteiger partial charge in [-0.05, 0) is 83.5 Å². The number of aliphatic hydroxyl groups is 2. The lowest BCUT2D eigenvalue weighted by atomic mass is 10.0. The van der Waals surface area contributed by atoms with Crippen LogP contribution in [0.4, 0.5) is 0 Å². The Hall–Kier alpha value is -1.92. The van der Waals surface area contributed by atoms with Gasteiger partial charge in [0.15, 0.2) is 0 Å². The van der Waals surface area contributed by atoms with E-state index in [-0.39, 0.29) is 18.5 Å². The number of carbonyl (C=O) groups excluding carboxylic acids is 2. The smallest absolute Gasteiger partial charge is 0.305 e. The van der Waals surface area contributed by atoms with Crippen LogP contribution < -0.4 is 5.32 Å². The van der Waals surface area contributed by atoms with Crippen molar-refractivity contribution in [3.05, 3.63) is 36.5 Å². The summed E-state index contributed by atoms with van der Waals surface area (Å²) in [5.41, 5.74) is 0. The van der Waals surface area contributed by atoms with Crippen LogP contribution in [0.3, 0.4) is 0 Å². The van der Waals surface area contributed by atoms with Crippen LogP contribution in [0.5, 0.6) is 0 Å². The van der Waals surface area contributed by atoms with Crippen molar-refractivity contribution in [3.8, 4) is 0 Å². The molecule has 6 nitrogen and oxygen atoms in total. The van der Waals surface area contributed by atoms with Crippen molar-refractivity contribution in [1.29, 1.82) is 0 Å². The number of aliphatic hydroxyl groups excluding tert-OH is 2. The van der Waals surface area contributed by atoms with E-state index in [0.717, 1.165) is 51.4 Å². The number of unbranched alkanes of at least 4 members (excludes halogenated alkanes) is 55. The molecule has 2 unspecified atom stereocenters. The highest BCUT2D eigenvalue weighted by atomic mass is 16.5. The number of carbonyl (C=O) groups is 2. The number of allylic oxidation sites excluding steroid dienone is 6. The standard InChI is InChI=1S/C78H149NO5/c1-3-5-7-9-11-13-15-16-17-18-43-46-49-52-56-60-64-68-72-78(83)84-73-69-65-61-57-53-50-47-44-41-39-37-35-33-31-29-27-25-23-21-19-20-22-24-26-28-30-32-34-36-38-40-42-45-48-51-55-59-63-67-71-77(82)79-75(74-80)76(81)70-66-62-58-54-14-12-10-8-6-4-2/h17-20,23,25,75-76,80-81H,3-16,21-22,24,26-74H2,1-2H3,(H,79,82)/b18-17-,20-19-,25-23-. The molecule has 2 atom stereocenters. The highest BCUT2D eigenvalue weighted by Crippen LogP contribution is 2.19. The molecular formula is C78H149NO5. The third kappa shape index (κ3) is 69.2. The molecule has 0 fully saturated rings. The molecule has 0 saturated heterocycles. The first-order valence-electron chi connectivity index (χ1n) is 38.2. The Balaban J connectivity index is 3.32. The molecule has 0 aliphatic rings. The summed E-state index contributed by atoms with van der Waals surface area (Å²) < 4.78 is 5.51. The number of nitrogens with one attached hydrogen (secondary N) is 1. The SMILES string of the molecule is CCCCCCCCC/C=C\CCCCCCCCCC(=O)OCCCCCCCCCCCCCCCCC/C=C\C/C=C\CCCCCCCCCCCCCCCCCCCC(=O)NC(CO)C(O)CCCCCCCCCCCC. The van der Waals surface area contributed by atoms with Gasteiger partial charge in [-0.2, -0.15) is 0 Å². The first-order chi connectivity index (χ1) is 41.5.